The zero-order valence-electron chi connectivity index (χ0n) is 16.2. The molecule has 0 amide bonds. The Morgan fingerprint density at radius 3 is 2.69 bits per heavy atom. The fourth-order valence-corrected chi connectivity index (χ4v) is 4.55. The van der Waals surface area contributed by atoms with Gasteiger partial charge in [0, 0.05) is 17.5 Å². The van der Waals surface area contributed by atoms with E-state index in [9.17, 15) is 13.2 Å². The summed E-state index contributed by atoms with van der Waals surface area (Å²) in [4.78, 5) is 0. The highest BCUT2D eigenvalue weighted by Crippen LogP contribution is 2.37. The molecule has 0 saturated heterocycles. The molecule has 0 bridgehead atoms. The lowest BCUT2D eigenvalue weighted by molar-refractivity contribution is -0.166. The van der Waals surface area contributed by atoms with Gasteiger partial charge in [0.05, 0.1) is 30.9 Å². The maximum atomic E-state index is 12.5. The second kappa shape index (κ2) is 8.24. The summed E-state index contributed by atoms with van der Waals surface area (Å²) in [5.41, 5.74) is 2.13. The molecule has 2 aromatic rings. The number of nitrogens with one attached hydrogen (secondary N) is 1. The lowest BCUT2D eigenvalue weighted by atomic mass is 9.86. The number of rotatable bonds is 4. The highest BCUT2D eigenvalue weighted by molar-refractivity contribution is 6.30. The van der Waals surface area contributed by atoms with Gasteiger partial charge in [0.1, 0.15) is 5.82 Å². The number of halogens is 4. The Morgan fingerprint density at radius 2 is 1.97 bits per heavy atom. The van der Waals surface area contributed by atoms with Crippen molar-refractivity contribution in [3.63, 3.8) is 0 Å². The van der Waals surface area contributed by atoms with E-state index >= 15 is 0 Å². The third-order valence-corrected chi connectivity index (χ3v) is 5.85. The van der Waals surface area contributed by atoms with Gasteiger partial charge < -0.3 is 10.1 Å². The van der Waals surface area contributed by atoms with Crippen LogP contribution in [0.1, 0.15) is 62.2 Å². The van der Waals surface area contributed by atoms with Crippen molar-refractivity contribution in [3.8, 4) is 5.69 Å². The van der Waals surface area contributed by atoms with Crippen molar-refractivity contribution >= 4 is 11.6 Å². The van der Waals surface area contributed by atoms with Crippen LogP contribution in [-0.2, 0) is 17.8 Å². The molecule has 5 nitrogen and oxygen atoms in total. The van der Waals surface area contributed by atoms with Crippen LogP contribution in [0.4, 0.5) is 13.2 Å². The monoisotopic (exact) mass is 428 g/mol. The van der Waals surface area contributed by atoms with E-state index in [2.05, 4.69) is 20.1 Å². The molecule has 2 aliphatic rings. The number of fused-ring (bicyclic) bond motifs is 3. The lowest BCUT2D eigenvalue weighted by Gasteiger charge is -2.30. The Labute approximate surface area is 172 Å². The average molecular weight is 429 g/mol. The predicted molar refractivity (Wildman–Crippen MR) is 103 cm³/mol. The molecule has 1 fully saturated rings. The maximum absolute atomic E-state index is 12.5. The molecule has 1 N–H and O–H groups in total. The van der Waals surface area contributed by atoms with Gasteiger partial charge in [-0.3, -0.25) is 4.57 Å². The summed E-state index contributed by atoms with van der Waals surface area (Å²) in [6.45, 7) is 2.82. The van der Waals surface area contributed by atoms with Crippen LogP contribution in [-0.4, -0.2) is 33.1 Å². The number of alkyl halides is 3. The molecule has 1 aromatic carbocycles. The van der Waals surface area contributed by atoms with Crippen molar-refractivity contribution < 1.29 is 17.9 Å². The van der Waals surface area contributed by atoms with Crippen LogP contribution in [0.25, 0.3) is 5.69 Å². The zero-order valence-corrected chi connectivity index (χ0v) is 16.9. The quantitative estimate of drug-likeness (QED) is 0.752. The molecule has 1 aliphatic heterocycles. The first-order chi connectivity index (χ1) is 13.8. The summed E-state index contributed by atoms with van der Waals surface area (Å²) in [6, 6.07) is 5.82. The van der Waals surface area contributed by atoms with Crippen molar-refractivity contribution in [2.45, 2.75) is 76.4 Å². The molecule has 158 valence electrons. The SMILES string of the molecule is CC(CC(F)(F)F)O[C@H]1CC[C@H](c2nnc3n2-c2ccc(Cl)cc2CNC3)CC1. The van der Waals surface area contributed by atoms with Crippen molar-refractivity contribution in [2.24, 2.45) is 0 Å². The van der Waals surface area contributed by atoms with Gasteiger partial charge in [0.25, 0.3) is 0 Å². The normalized spacial score (nSPS) is 23.2. The first kappa shape index (κ1) is 20.6. The summed E-state index contributed by atoms with van der Waals surface area (Å²) in [5, 5.41) is 12.9. The van der Waals surface area contributed by atoms with Crippen LogP contribution in [0.2, 0.25) is 5.02 Å². The molecule has 4 rings (SSSR count). The second-order valence-electron chi connectivity index (χ2n) is 7.93. The standard InChI is InChI=1S/C20H24ClF3N4O/c1-12(9-20(22,23)24)29-16-5-2-13(3-6-16)19-27-26-18-11-25-10-14-8-15(21)4-7-17(14)28(18)19/h4,7-8,12-13,16,25H,2-3,5-6,9-11H2,1H3/t12?,13-,16-. The Hall–Kier alpha value is -1.64. The van der Waals surface area contributed by atoms with Gasteiger partial charge in [-0.05, 0) is 56.4 Å². The van der Waals surface area contributed by atoms with Crippen molar-refractivity contribution in [3.05, 3.63) is 40.4 Å². The number of nitrogens with zero attached hydrogens (tertiary/aromatic N) is 3. The van der Waals surface area contributed by atoms with Gasteiger partial charge in [-0.1, -0.05) is 11.6 Å². The van der Waals surface area contributed by atoms with Crippen LogP contribution in [0, 0.1) is 0 Å². The molecule has 1 aromatic heterocycles. The highest BCUT2D eigenvalue weighted by Gasteiger charge is 2.34. The van der Waals surface area contributed by atoms with E-state index in [1.807, 2.05) is 18.2 Å². The summed E-state index contributed by atoms with van der Waals surface area (Å²) in [5.74, 6) is 1.97. The van der Waals surface area contributed by atoms with Gasteiger partial charge in [-0.25, -0.2) is 0 Å². The Kier molecular flexibility index (Phi) is 5.86. The predicted octanol–water partition coefficient (Wildman–Crippen LogP) is 4.91. The fourth-order valence-electron chi connectivity index (χ4n) is 4.35. The second-order valence-corrected chi connectivity index (χ2v) is 8.36. The van der Waals surface area contributed by atoms with E-state index < -0.39 is 18.7 Å². The number of hydrogen-bond acceptors (Lipinski definition) is 4. The van der Waals surface area contributed by atoms with E-state index in [4.69, 9.17) is 16.3 Å². The van der Waals surface area contributed by atoms with E-state index in [1.165, 1.54) is 6.92 Å². The first-order valence-electron chi connectivity index (χ1n) is 9.96. The Morgan fingerprint density at radius 1 is 1.21 bits per heavy atom. The Balaban J connectivity index is 1.47. The number of benzene rings is 1. The smallest absolute Gasteiger partial charge is 0.375 e. The molecular formula is C20H24ClF3N4O. The third-order valence-electron chi connectivity index (χ3n) is 5.62. The van der Waals surface area contributed by atoms with Gasteiger partial charge >= 0.3 is 6.18 Å². The number of aromatic nitrogens is 3. The largest absolute Gasteiger partial charge is 0.391 e. The zero-order chi connectivity index (χ0) is 20.6. The van der Waals surface area contributed by atoms with E-state index in [-0.39, 0.29) is 12.0 Å². The first-order valence-corrected chi connectivity index (χ1v) is 10.3. The van der Waals surface area contributed by atoms with Crippen LogP contribution < -0.4 is 5.32 Å². The van der Waals surface area contributed by atoms with Gasteiger partial charge in [-0.2, -0.15) is 13.2 Å². The van der Waals surface area contributed by atoms with Crippen molar-refractivity contribution in [2.75, 3.05) is 0 Å². The van der Waals surface area contributed by atoms with Crippen LogP contribution in [0.3, 0.4) is 0 Å². The van der Waals surface area contributed by atoms with E-state index in [0.717, 1.165) is 48.6 Å². The van der Waals surface area contributed by atoms with Gasteiger partial charge in [-0.15, -0.1) is 10.2 Å². The maximum Gasteiger partial charge on any atom is 0.391 e. The minimum atomic E-state index is -4.19. The molecule has 1 aliphatic carbocycles. The molecule has 29 heavy (non-hydrogen) atoms. The molecule has 1 atom stereocenters. The minimum absolute atomic E-state index is 0.136. The molecule has 9 heteroatoms. The summed E-state index contributed by atoms with van der Waals surface area (Å²) in [7, 11) is 0. The molecule has 1 saturated carbocycles. The fraction of sp³-hybridized carbons (Fsp3) is 0.600. The number of ether oxygens (including phenoxy) is 1. The van der Waals surface area contributed by atoms with Crippen molar-refractivity contribution in [1.29, 1.82) is 0 Å². The topological polar surface area (TPSA) is 52.0 Å². The Bertz CT molecular complexity index is 862. The van der Waals surface area contributed by atoms with E-state index in [1.54, 1.807) is 0 Å². The summed E-state index contributed by atoms with van der Waals surface area (Å²) >= 11 is 6.16. The third kappa shape index (κ3) is 4.75. The van der Waals surface area contributed by atoms with Crippen LogP contribution >= 0.6 is 11.6 Å². The summed E-state index contributed by atoms with van der Waals surface area (Å²) in [6.07, 6.45) is -2.97. The van der Waals surface area contributed by atoms with Crippen LogP contribution in [0.15, 0.2) is 18.2 Å². The van der Waals surface area contributed by atoms with E-state index in [0.29, 0.717) is 18.1 Å². The molecule has 1 unspecified atom stereocenters. The molecular weight excluding hydrogens is 405 g/mol. The van der Waals surface area contributed by atoms with Crippen LogP contribution in [0.5, 0.6) is 0 Å². The van der Waals surface area contributed by atoms with Crippen molar-refractivity contribution in [1.82, 2.24) is 20.1 Å². The average Bonchev–Trinajstić information content (AvgIpc) is 2.96. The molecule has 0 spiro atoms. The highest BCUT2D eigenvalue weighted by atomic mass is 35.5. The van der Waals surface area contributed by atoms with Gasteiger partial charge in [0.15, 0.2) is 5.82 Å². The molecule has 0 radical (unpaired) electrons. The lowest BCUT2D eigenvalue weighted by Crippen LogP contribution is -2.28. The summed E-state index contributed by atoms with van der Waals surface area (Å²) < 4.78 is 45.4. The van der Waals surface area contributed by atoms with Gasteiger partial charge in [0.2, 0.25) is 0 Å². The molecule has 2 heterocycles. The number of hydrogen-bond donors (Lipinski definition) is 1. The minimum Gasteiger partial charge on any atom is -0.375 e.